The summed E-state index contributed by atoms with van der Waals surface area (Å²) in [5.41, 5.74) is 0.766. The van der Waals surface area contributed by atoms with Crippen LogP contribution in [0.25, 0.3) is 0 Å². The lowest BCUT2D eigenvalue weighted by Crippen LogP contribution is -2.34. The van der Waals surface area contributed by atoms with E-state index in [2.05, 4.69) is 15.8 Å². The van der Waals surface area contributed by atoms with Gasteiger partial charge in [0, 0.05) is 31.6 Å². The fourth-order valence-corrected chi connectivity index (χ4v) is 1.91. The van der Waals surface area contributed by atoms with Gasteiger partial charge < -0.3 is 20.3 Å². The van der Waals surface area contributed by atoms with Crippen LogP contribution in [0.3, 0.4) is 0 Å². The lowest BCUT2D eigenvalue weighted by Gasteiger charge is -2.12. The maximum Gasteiger partial charge on any atom is 0.289 e. The summed E-state index contributed by atoms with van der Waals surface area (Å²) in [6, 6.07) is 1.66. The van der Waals surface area contributed by atoms with Crippen LogP contribution in [0, 0.1) is 5.92 Å². The van der Waals surface area contributed by atoms with Crippen molar-refractivity contribution in [3.8, 4) is 0 Å². The number of amides is 1. The number of β-amino-alcohol motifs (C(OH)–C–C–N with tert-alkyl or cyclic N) is 1. The quantitative estimate of drug-likeness (QED) is 0.753. The first-order chi connectivity index (χ1) is 8.58. The molecule has 1 fully saturated rings. The third-order valence-corrected chi connectivity index (χ3v) is 3.17. The molecule has 1 aliphatic heterocycles. The van der Waals surface area contributed by atoms with E-state index in [1.54, 1.807) is 6.07 Å². The van der Waals surface area contributed by atoms with Gasteiger partial charge in [-0.2, -0.15) is 0 Å². The molecule has 0 spiro atoms. The average molecular weight is 290 g/mol. The third kappa shape index (κ3) is 3.92. The van der Waals surface area contributed by atoms with Gasteiger partial charge in [-0.25, -0.2) is 0 Å². The Morgan fingerprint density at radius 2 is 2.37 bits per heavy atom. The minimum absolute atomic E-state index is 0. The van der Waals surface area contributed by atoms with Crippen LogP contribution in [0.2, 0.25) is 0 Å². The molecule has 1 aromatic heterocycles. The Morgan fingerprint density at radius 1 is 1.63 bits per heavy atom. The molecule has 0 bridgehead atoms. The van der Waals surface area contributed by atoms with Gasteiger partial charge in [0.25, 0.3) is 5.91 Å². The molecule has 1 aliphatic rings. The summed E-state index contributed by atoms with van der Waals surface area (Å²) in [6.07, 6.45) is -0.397. The maximum absolute atomic E-state index is 11.8. The van der Waals surface area contributed by atoms with E-state index in [1.165, 1.54) is 0 Å². The summed E-state index contributed by atoms with van der Waals surface area (Å²) < 4.78 is 4.99. The van der Waals surface area contributed by atoms with Crippen molar-refractivity contribution >= 4 is 18.3 Å². The van der Waals surface area contributed by atoms with Gasteiger partial charge >= 0.3 is 0 Å². The van der Waals surface area contributed by atoms with Gasteiger partial charge in [-0.05, 0) is 5.92 Å². The Kier molecular flexibility index (Phi) is 5.78. The van der Waals surface area contributed by atoms with Crippen molar-refractivity contribution in [1.82, 2.24) is 15.8 Å². The van der Waals surface area contributed by atoms with E-state index in [1.807, 2.05) is 13.8 Å². The standard InChI is InChI=1S/C12H19N3O3.ClH/c1-7(2)9-3-11(18-15-9)12(17)14-5-8-4-13-6-10(8)16;/h3,7-8,10,13,16H,4-6H2,1-2H3,(H,14,17);1H. The Bertz CT molecular complexity index is 422. The first-order valence-corrected chi connectivity index (χ1v) is 6.21. The zero-order valence-electron chi connectivity index (χ0n) is 11.0. The number of carbonyl (C=O) groups excluding carboxylic acids is 1. The first kappa shape index (κ1) is 15.9. The summed E-state index contributed by atoms with van der Waals surface area (Å²) in [4.78, 5) is 11.8. The van der Waals surface area contributed by atoms with Crippen LogP contribution in [0.1, 0.15) is 36.0 Å². The second-order valence-corrected chi connectivity index (χ2v) is 4.97. The summed E-state index contributed by atoms with van der Waals surface area (Å²) in [7, 11) is 0. The molecule has 2 heterocycles. The number of nitrogens with zero attached hydrogens (tertiary/aromatic N) is 1. The van der Waals surface area contributed by atoms with Crippen molar-refractivity contribution in [1.29, 1.82) is 0 Å². The maximum atomic E-state index is 11.8. The minimum Gasteiger partial charge on any atom is -0.391 e. The molecular formula is C12H20ClN3O3. The van der Waals surface area contributed by atoms with Gasteiger partial charge in [-0.3, -0.25) is 4.79 Å². The van der Waals surface area contributed by atoms with E-state index in [-0.39, 0.29) is 35.9 Å². The van der Waals surface area contributed by atoms with Crippen LogP contribution in [-0.2, 0) is 0 Å². The zero-order valence-corrected chi connectivity index (χ0v) is 11.9. The van der Waals surface area contributed by atoms with E-state index >= 15 is 0 Å². The number of carbonyl (C=O) groups is 1. The highest BCUT2D eigenvalue weighted by Gasteiger charge is 2.25. The number of halogens is 1. The van der Waals surface area contributed by atoms with Gasteiger partial charge in [0.05, 0.1) is 11.8 Å². The molecule has 1 saturated heterocycles. The van der Waals surface area contributed by atoms with Crippen LogP contribution in [-0.4, -0.2) is 41.9 Å². The molecule has 2 unspecified atom stereocenters. The monoisotopic (exact) mass is 289 g/mol. The molecule has 19 heavy (non-hydrogen) atoms. The topological polar surface area (TPSA) is 87.4 Å². The van der Waals surface area contributed by atoms with E-state index in [0.717, 1.165) is 12.2 Å². The largest absolute Gasteiger partial charge is 0.391 e. The van der Waals surface area contributed by atoms with Crippen molar-refractivity contribution in [3.05, 3.63) is 17.5 Å². The summed E-state index contributed by atoms with van der Waals surface area (Å²) in [5, 5.41) is 19.3. The van der Waals surface area contributed by atoms with Crippen molar-refractivity contribution in [3.63, 3.8) is 0 Å². The van der Waals surface area contributed by atoms with Gasteiger partial charge in [-0.15, -0.1) is 12.4 Å². The summed E-state index contributed by atoms with van der Waals surface area (Å²) >= 11 is 0. The van der Waals surface area contributed by atoms with Crippen LogP contribution in [0.15, 0.2) is 10.6 Å². The van der Waals surface area contributed by atoms with Gasteiger partial charge in [-0.1, -0.05) is 19.0 Å². The lowest BCUT2D eigenvalue weighted by atomic mass is 10.1. The highest BCUT2D eigenvalue weighted by atomic mass is 35.5. The molecule has 3 N–H and O–H groups in total. The van der Waals surface area contributed by atoms with E-state index in [9.17, 15) is 9.90 Å². The lowest BCUT2D eigenvalue weighted by molar-refractivity contribution is 0.0890. The second kappa shape index (κ2) is 6.88. The Labute approximate surface area is 118 Å². The molecule has 2 rings (SSSR count). The first-order valence-electron chi connectivity index (χ1n) is 6.21. The normalized spacial score (nSPS) is 22.3. The van der Waals surface area contributed by atoms with E-state index < -0.39 is 6.10 Å². The van der Waals surface area contributed by atoms with Crippen molar-refractivity contribution in [2.24, 2.45) is 5.92 Å². The molecule has 0 radical (unpaired) electrons. The number of nitrogens with one attached hydrogen (secondary N) is 2. The van der Waals surface area contributed by atoms with Crippen LogP contribution in [0.5, 0.6) is 0 Å². The number of hydrogen-bond donors (Lipinski definition) is 3. The molecule has 2 atom stereocenters. The highest BCUT2D eigenvalue weighted by molar-refractivity contribution is 5.91. The SMILES string of the molecule is CC(C)c1cc(C(=O)NCC2CNCC2O)on1.Cl. The molecular weight excluding hydrogens is 270 g/mol. The number of aromatic nitrogens is 1. The number of aliphatic hydroxyl groups excluding tert-OH is 1. The molecule has 6 nitrogen and oxygen atoms in total. The predicted molar refractivity (Wildman–Crippen MR) is 72.5 cm³/mol. The Balaban J connectivity index is 0.00000180. The molecule has 7 heteroatoms. The van der Waals surface area contributed by atoms with Gasteiger partial charge in [0.1, 0.15) is 0 Å². The van der Waals surface area contributed by atoms with E-state index in [0.29, 0.717) is 13.1 Å². The smallest absolute Gasteiger partial charge is 0.289 e. The Morgan fingerprint density at radius 3 is 2.89 bits per heavy atom. The molecule has 0 aromatic carbocycles. The molecule has 1 aromatic rings. The fraction of sp³-hybridized carbons (Fsp3) is 0.667. The molecule has 0 aliphatic carbocycles. The zero-order chi connectivity index (χ0) is 13.1. The molecule has 0 saturated carbocycles. The van der Waals surface area contributed by atoms with Gasteiger partial charge in [0.2, 0.25) is 5.76 Å². The molecule has 1 amide bonds. The summed E-state index contributed by atoms with van der Waals surface area (Å²) in [5.74, 6) is 0.227. The Hall–Kier alpha value is -1.11. The second-order valence-electron chi connectivity index (χ2n) is 4.97. The van der Waals surface area contributed by atoms with Crippen LogP contribution in [0.4, 0.5) is 0 Å². The minimum atomic E-state index is -0.397. The fourth-order valence-electron chi connectivity index (χ4n) is 1.91. The highest BCUT2D eigenvalue weighted by Crippen LogP contribution is 2.14. The summed E-state index contributed by atoms with van der Waals surface area (Å²) in [6.45, 7) is 5.71. The van der Waals surface area contributed by atoms with Crippen molar-refractivity contribution < 1.29 is 14.4 Å². The van der Waals surface area contributed by atoms with Crippen molar-refractivity contribution in [2.45, 2.75) is 25.9 Å². The average Bonchev–Trinajstić information content (AvgIpc) is 2.94. The molecule has 108 valence electrons. The predicted octanol–water partition coefficient (Wildman–Crippen LogP) is 0.530. The van der Waals surface area contributed by atoms with Gasteiger partial charge in [0.15, 0.2) is 0 Å². The van der Waals surface area contributed by atoms with E-state index in [4.69, 9.17) is 4.52 Å². The number of hydrogen-bond acceptors (Lipinski definition) is 5. The van der Waals surface area contributed by atoms with Crippen LogP contribution >= 0.6 is 12.4 Å². The number of rotatable bonds is 4. The number of aliphatic hydroxyl groups is 1. The third-order valence-electron chi connectivity index (χ3n) is 3.17. The van der Waals surface area contributed by atoms with Crippen LogP contribution < -0.4 is 10.6 Å². The van der Waals surface area contributed by atoms with Crippen molar-refractivity contribution in [2.75, 3.05) is 19.6 Å².